The van der Waals surface area contributed by atoms with Crippen LogP contribution in [0.1, 0.15) is 24.6 Å². The van der Waals surface area contributed by atoms with Gasteiger partial charge in [-0.25, -0.2) is 0 Å². The molecule has 2 N–H and O–H groups in total. The van der Waals surface area contributed by atoms with Gasteiger partial charge in [0.05, 0.1) is 16.6 Å². The highest BCUT2D eigenvalue weighted by atomic mass is 35.5. The Labute approximate surface area is 163 Å². The molecule has 0 aliphatic heterocycles. The Kier molecular flexibility index (Phi) is 7.96. The van der Waals surface area contributed by atoms with Crippen molar-refractivity contribution >= 4 is 46.4 Å². The monoisotopic (exact) mass is 400 g/mol. The van der Waals surface area contributed by atoms with Crippen molar-refractivity contribution < 1.29 is 4.74 Å². The first-order chi connectivity index (χ1) is 12.0. The van der Waals surface area contributed by atoms with Gasteiger partial charge < -0.3 is 15.4 Å². The minimum atomic E-state index is 0.541. The Morgan fingerprint density at radius 1 is 1.28 bits per heavy atom. The molecule has 1 aromatic heterocycles. The molecule has 0 unspecified atom stereocenters. The number of aromatic nitrogens is 2. The van der Waals surface area contributed by atoms with Crippen LogP contribution in [-0.4, -0.2) is 34.7 Å². The number of nitrogens with zero attached hydrogens (tertiary/aromatic N) is 2. The van der Waals surface area contributed by atoms with Gasteiger partial charge >= 0.3 is 0 Å². The number of hydrogen-bond donors (Lipinski definition) is 2. The van der Waals surface area contributed by atoms with Crippen molar-refractivity contribution in [3.05, 3.63) is 45.6 Å². The van der Waals surface area contributed by atoms with Crippen LogP contribution >= 0.6 is 35.4 Å². The van der Waals surface area contributed by atoms with Gasteiger partial charge in [-0.2, -0.15) is 5.10 Å². The number of hydrogen-bond acceptors (Lipinski definition) is 3. The SMILES string of the molecule is CCOCCCNC(=S)Nc1cc(C)n(Cc2ccc(Cl)c(Cl)c2)n1. The second-order valence-electron chi connectivity index (χ2n) is 5.51. The first kappa shape index (κ1) is 20.0. The first-order valence-electron chi connectivity index (χ1n) is 8.10. The fraction of sp³-hybridized carbons (Fsp3) is 0.412. The maximum Gasteiger partial charge on any atom is 0.171 e. The summed E-state index contributed by atoms with van der Waals surface area (Å²) in [6.07, 6.45) is 0.903. The quantitative estimate of drug-likeness (QED) is 0.511. The van der Waals surface area contributed by atoms with Gasteiger partial charge in [-0.3, -0.25) is 4.68 Å². The summed E-state index contributed by atoms with van der Waals surface area (Å²) in [5, 5.41) is 12.4. The number of anilines is 1. The largest absolute Gasteiger partial charge is 0.382 e. The lowest BCUT2D eigenvalue weighted by Gasteiger charge is -2.08. The van der Waals surface area contributed by atoms with Crippen molar-refractivity contribution in [2.24, 2.45) is 0 Å². The lowest BCUT2D eigenvalue weighted by Crippen LogP contribution is -2.30. The highest BCUT2D eigenvalue weighted by Crippen LogP contribution is 2.23. The number of ether oxygens (including phenoxy) is 1. The maximum atomic E-state index is 6.07. The Morgan fingerprint density at radius 3 is 2.80 bits per heavy atom. The van der Waals surface area contributed by atoms with E-state index in [1.807, 2.05) is 36.7 Å². The van der Waals surface area contributed by atoms with E-state index < -0.39 is 0 Å². The average molecular weight is 401 g/mol. The molecule has 136 valence electrons. The topological polar surface area (TPSA) is 51.1 Å². The summed E-state index contributed by atoms with van der Waals surface area (Å²) in [5.74, 6) is 0.708. The zero-order valence-electron chi connectivity index (χ0n) is 14.3. The zero-order valence-corrected chi connectivity index (χ0v) is 16.6. The fourth-order valence-corrected chi connectivity index (χ4v) is 2.75. The minimum Gasteiger partial charge on any atom is -0.382 e. The standard InChI is InChI=1S/C17H22Cl2N4OS/c1-3-24-8-4-7-20-17(25)21-16-9-12(2)23(22-16)11-13-5-6-14(18)15(19)10-13/h5-6,9-10H,3-4,7-8,11H2,1-2H3,(H2,20,21,22,25). The summed E-state index contributed by atoms with van der Waals surface area (Å²) in [4.78, 5) is 0. The summed E-state index contributed by atoms with van der Waals surface area (Å²) >= 11 is 17.3. The summed E-state index contributed by atoms with van der Waals surface area (Å²) in [6.45, 7) is 6.81. The van der Waals surface area contributed by atoms with Gasteiger partial charge in [-0.1, -0.05) is 29.3 Å². The zero-order chi connectivity index (χ0) is 18.2. The van der Waals surface area contributed by atoms with Crippen LogP contribution in [-0.2, 0) is 11.3 Å². The van der Waals surface area contributed by atoms with Crippen LogP contribution in [0.3, 0.4) is 0 Å². The maximum absolute atomic E-state index is 6.07. The van der Waals surface area contributed by atoms with E-state index in [9.17, 15) is 0 Å². The number of halogens is 2. The van der Waals surface area contributed by atoms with Crippen molar-refractivity contribution in [1.29, 1.82) is 0 Å². The second kappa shape index (κ2) is 9.97. The lowest BCUT2D eigenvalue weighted by molar-refractivity contribution is 0.146. The van der Waals surface area contributed by atoms with E-state index in [0.29, 0.717) is 27.5 Å². The Bertz CT molecular complexity index is 721. The molecular weight excluding hydrogens is 379 g/mol. The molecule has 0 aliphatic rings. The Hall–Kier alpha value is -1.34. The minimum absolute atomic E-state index is 0.541. The molecule has 1 heterocycles. The third kappa shape index (κ3) is 6.47. The highest BCUT2D eigenvalue weighted by Gasteiger charge is 2.07. The molecule has 5 nitrogen and oxygen atoms in total. The fourth-order valence-electron chi connectivity index (χ4n) is 2.22. The molecule has 0 saturated carbocycles. The molecule has 8 heteroatoms. The molecule has 0 aliphatic carbocycles. The van der Waals surface area contributed by atoms with E-state index in [1.54, 1.807) is 6.07 Å². The van der Waals surface area contributed by atoms with Gasteiger partial charge in [0.2, 0.25) is 0 Å². The van der Waals surface area contributed by atoms with E-state index in [2.05, 4.69) is 15.7 Å². The summed E-state index contributed by atoms with van der Waals surface area (Å²) in [7, 11) is 0. The van der Waals surface area contributed by atoms with Gasteiger partial charge in [0.1, 0.15) is 0 Å². The smallest absolute Gasteiger partial charge is 0.171 e. The third-order valence-electron chi connectivity index (χ3n) is 3.49. The molecule has 25 heavy (non-hydrogen) atoms. The predicted octanol–water partition coefficient (Wildman–Crippen LogP) is 4.26. The molecule has 0 bridgehead atoms. The molecule has 2 aromatic rings. The number of thiocarbonyl (C=S) groups is 1. The summed E-state index contributed by atoms with van der Waals surface area (Å²) in [6, 6.07) is 7.53. The molecule has 0 spiro atoms. The Balaban J connectivity index is 1.88. The van der Waals surface area contributed by atoms with Crippen LogP contribution in [0.4, 0.5) is 5.82 Å². The third-order valence-corrected chi connectivity index (χ3v) is 4.48. The van der Waals surface area contributed by atoms with E-state index in [0.717, 1.165) is 37.4 Å². The van der Waals surface area contributed by atoms with Crippen LogP contribution in [0, 0.1) is 6.92 Å². The summed E-state index contributed by atoms with van der Waals surface area (Å²) in [5.41, 5.74) is 2.05. The van der Waals surface area contributed by atoms with Crippen molar-refractivity contribution in [3.63, 3.8) is 0 Å². The van der Waals surface area contributed by atoms with Crippen molar-refractivity contribution in [2.45, 2.75) is 26.8 Å². The molecule has 0 amide bonds. The van der Waals surface area contributed by atoms with Crippen LogP contribution in [0.2, 0.25) is 10.0 Å². The van der Waals surface area contributed by atoms with Crippen LogP contribution in [0.25, 0.3) is 0 Å². The first-order valence-corrected chi connectivity index (χ1v) is 9.27. The number of benzene rings is 1. The van der Waals surface area contributed by atoms with Gasteiger partial charge in [0.15, 0.2) is 10.9 Å². The average Bonchev–Trinajstić information content (AvgIpc) is 2.90. The van der Waals surface area contributed by atoms with E-state index in [4.69, 9.17) is 40.2 Å². The molecule has 2 rings (SSSR count). The van der Waals surface area contributed by atoms with Crippen LogP contribution in [0.5, 0.6) is 0 Å². The predicted molar refractivity (Wildman–Crippen MR) is 108 cm³/mol. The molecule has 0 radical (unpaired) electrons. The number of aryl methyl sites for hydroxylation is 1. The van der Waals surface area contributed by atoms with E-state index >= 15 is 0 Å². The van der Waals surface area contributed by atoms with E-state index in [1.165, 1.54) is 0 Å². The van der Waals surface area contributed by atoms with Crippen LogP contribution in [0.15, 0.2) is 24.3 Å². The Morgan fingerprint density at radius 2 is 2.08 bits per heavy atom. The highest BCUT2D eigenvalue weighted by molar-refractivity contribution is 7.80. The second-order valence-corrected chi connectivity index (χ2v) is 6.73. The van der Waals surface area contributed by atoms with Gasteiger partial charge in [0, 0.05) is 31.5 Å². The van der Waals surface area contributed by atoms with E-state index in [-0.39, 0.29) is 0 Å². The van der Waals surface area contributed by atoms with Crippen LogP contribution < -0.4 is 10.6 Å². The number of rotatable bonds is 8. The molecule has 0 atom stereocenters. The van der Waals surface area contributed by atoms with Gasteiger partial charge in [-0.15, -0.1) is 0 Å². The van der Waals surface area contributed by atoms with Gasteiger partial charge in [-0.05, 0) is 50.2 Å². The summed E-state index contributed by atoms with van der Waals surface area (Å²) < 4.78 is 7.18. The lowest BCUT2D eigenvalue weighted by atomic mass is 10.2. The molecular formula is C17H22Cl2N4OS. The van der Waals surface area contributed by atoms with Gasteiger partial charge in [0.25, 0.3) is 0 Å². The molecule has 0 saturated heterocycles. The number of nitrogens with one attached hydrogen (secondary N) is 2. The van der Waals surface area contributed by atoms with Crippen molar-refractivity contribution in [1.82, 2.24) is 15.1 Å². The normalized spacial score (nSPS) is 10.7. The molecule has 1 aromatic carbocycles. The van der Waals surface area contributed by atoms with Crippen molar-refractivity contribution in [2.75, 3.05) is 25.1 Å². The van der Waals surface area contributed by atoms with Crippen molar-refractivity contribution in [3.8, 4) is 0 Å². The molecule has 0 fully saturated rings.